The second-order valence-corrected chi connectivity index (χ2v) is 7.15. The van der Waals surface area contributed by atoms with E-state index in [9.17, 15) is 9.90 Å². The van der Waals surface area contributed by atoms with Crippen LogP contribution in [-0.4, -0.2) is 54.4 Å². The number of hydrogen-bond donors (Lipinski definition) is 2. The summed E-state index contributed by atoms with van der Waals surface area (Å²) in [6.07, 6.45) is 2.93. The van der Waals surface area contributed by atoms with Gasteiger partial charge in [-0.3, -0.25) is 9.69 Å². The van der Waals surface area contributed by atoms with E-state index >= 15 is 0 Å². The molecule has 2 fully saturated rings. The lowest BCUT2D eigenvalue weighted by molar-refractivity contribution is -0.145. The summed E-state index contributed by atoms with van der Waals surface area (Å²) in [6.45, 7) is 4.02. The number of benzene rings is 1. The standard InChI is InChI=1S/C19H28N2O3/c1-13-4-3-5-16(10-13)20-15-6-8-21(9-7-15)17-11-14(12-18(17)22)19(23)24-2/h3-5,10,14-15,17-18,20,22H,6-9,11-12H2,1-2H3/t14-,17-,18-/m0/s1. The van der Waals surface area contributed by atoms with Crippen LogP contribution in [0.3, 0.4) is 0 Å². The zero-order valence-electron chi connectivity index (χ0n) is 14.6. The van der Waals surface area contributed by atoms with Gasteiger partial charge in [0.05, 0.1) is 19.1 Å². The van der Waals surface area contributed by atoms with Gasteiger partial charge in [-0.2, -0.15) is 0 Å². The molecule has 3 rings (SSSR count). The van der Waals surface area contributed by atoms with Crippen molar-refractivity contribution in [2.45, 2.75) is 50.8 Å². The molecule has 1 heterocycles. The molecule has 0 spiro atoms. The molecule has 1 saturated carbocycles. The third kappa shape index (κ3) is 3.90. The van der Waals surface area contributed by atoms with Gasteiger partial charge in [0.2, 0.25) is 0 Å². The number of esters is 1. The van der Waals surface area contributed by atoms with E-state index in [-0.39, 0.29) is 17.9 Å². The molecule has 2 N–H and O–H groups in total. The Labute approximate surface area is 144 Å². The van der Waals surface area contributed by atoms with Crippen molar-refractivity contribution in [2.24, 2.45) is 5.92 Å². The topological polar surface area (TPSA) is 61.8 Å². The smallest absolute Gasteiger partial charge is 0.308 e. The number of piperidine rings is 1. The van der Waals surface area contributed by atoms with Gasteiger partial charge >= 0.3 is 5.97 Å². The first kappa shape index (κ1) is 17.2. The Morgan fingerprint density at radius 2 is 2.04 bits per heavy atom. The summed E-state index contributed by atoms with van der Waals surface area (Å²) >= 11 is 0. The molecule has 1 saturated heterocycles. The summed E-state index contributed by atoms with van der Waals surface area (Å²) in [4.78, 5) is 14.1. The highest BCUT2D eigenvalue weighted by Gasteiger charge is 2.41. The van der Waals surface area contributed by atoms with Crippen molar-refractivity contribution in [1.29, 1.82) is 0 Å². The molecule has 0 amide bonds. The number of anilines is 1. The van der Waals surface area contributed by atoms with Crippen molar-refractivity contribution >= 4 is 11.7 Å². The summed E-state index contributed by atoms with van der Waals surface area (Å²) in [5.74, 6) is -0.342. The molecule has 0 unspecified atom stereocenters. The average Bonchev–Trinajstić information content (AvgIpc) is 2.97. The molecule has 1 aromatic carbocycles. The van der Waals surface area contributed by atoms with E-state index in [0.29, 0.717) is 18.9 Å². The van der Waals surface area contributed by atoms with E-state index in [1.165, 1.54) is 18.4 Å². The lowest BCUT2D eigenvalue weighted by atomic mass is 10.0. The molecule has 5 heteroatoms. The molecule has 2 aliphatic rings. The van der Waals surface area contributed by atoms with Crippen LogP contribution < -0.4 is 5.32 Å². The molecule has 0 radical (unpaired) electrons. The van der Waals surface area contributed by atoms with Gasteiger partial charge in [-0.1, -0.05) is 12.1 Å². The van der Waals surface area contributed by atoms with Crippen molar-refractivity contribution in [3.8, 4) is 0 Å². The van der Waals surface area contributed by atoms with Crippen molar-refractivity contribution < 1.29 is 14.6 Å². The van der Waals surface area contributed by atoms with Gasteiger partial charge in [-0.05, 0) is 50.3 Å². The van der Waals surface area contributed by atoms with Crippen LogP contribution in [0.25, 0.3) is 0 Å². The van der Waals surface area contributed by atoms with Crippen molar-refractivity contribution in [3.05, 3.63) is 29.8 Å². The molecule has 1 aliphatic heterocycles. The minimum Gasteiger partial charge on any atom is -0.469 e. The number of nitrogens with zero attached hydrogens (tertiary/aromatic N) is 1. The van der Waals surface area contributed by atoms with Crippen LogP contribution in [-0.2, 0) is 9.53 Å². The summed E-state index contributed by atoms with van der Waals surface area (Å²) in [6, 6.07) is 9.03. The molecule has 0 bridgehead atoms. The molecule has 3 atom stereocenters. The minimum atomic E-state index is -0.421. The van der Waals surface area contributed by atoms with E-state index < -0.39 is 6.10 Å². The van der Waals surface area contributed by atoms with Crippen molar-refractivity contribution in [3.63, 3.8) is 0 Å². The number of likely N-dealkylation sites (tertiary alicyclic amines) is 1. The second kappa shape index (κ2) is 7.53. The van der Waals surface area contributed by atoms with E-state index in [1.54, 1.807) is 0 Å². The third-order valence-corrected chi connectivity index (χ3v) is 5.42. The number of aryl methyl sites for hydroxylation is 1. The van der Waals surface area contributed by atoms with Crippen LogP contribution in [0.2, 0.25) is 0 Å². The molecule has 24 heavy (non-hydrogen) atoms. The Hall–Kier alpha value is -1.59. The highest BCUT2D eigenvalue weighted by Crippen LogP contribution is 2.32. The lowest BCUT2D eigenvalue weighted by Gasteiger charge is -2.37. The number of aliphatic hydroxyl groups excluding tert-OH is 1. The SMILES string of the molecule is COC(=O)[C@@H]1C[C@H](O)[C@@H](N2CCC(Nc3cccc(C)c3)CC2)C1. The first-order valence-electron chi connectivity index (χ1n) is 8.90. The Morgan fingerprint density at radius 1 is 1.29 bits per heavy atom. The molecular weight excluding hydrogens is 304 g/mol. The number of nitrogens with one attached hydrogen (secondary N) is 1. The third-order valence-electron chi connectivity index (χ3n) is 5.42. The number of carbonyl (C=O) groups excluding carboxylic acids is 1. The van der Waals surface area contributed by atoms with Crippen LogP contribution in [0.4, 0.5) is 5.69 Å². The zero-order chi connectivity index (χ0) is 17.1. The Kier molecular flexibility index (Phi) is 5.41. The molecular formula is C19H28N2O3. The summed E-state index contributed by atoms with van der Waals surface area (Å²) in [5.41, 5.74) is 2.44. The van der Waals surface area contributed by atoms with Crippen molar-refractivity contribution in [1.82, 2.24) is 4.90 Å². The molecule has 1 aliphatic carbocycles. The van der Waals surface area contributed by atoms with Crippen molar-refractivity contribution in [2.75, 3.05) is 25.5 Å². The fraction of sp³-hybridized carbons (Fsp3) is 0.632. The molecule has 1 aromatic rings. The number of hydrogen-bond acceptors (Lipinski definition) is 5. The predicted molar refractivity (Wildman–Crippen MR) is 93.9 cm³/mol. The van der Waals surface area contributed by atoms with Gasteiger partial charge in [0.25, 0.3) is 0 Å². The summed E-state index contributed by atoms with van der Waals surface area (Å²) in [7, 11) is 1.42. The Bertz CT molecular complexity index is 569. The van der Waals surface area contributed by atoms with Crippen LogP contribution in [0.15, 0.2) is 24.3 Å². The highest BCUT2D eigenvalue weighted by atomic mass is 16.5. The average molecular weight is 332 g/mol. The van der Waals surface area contributed by atoms with Gasteiger partial charge in [0.1, 0.15) is 0 Å². The number of aliphatic hydroxyl groups is 1. The first-order chi connectivity index (χ1) is 11.6. The van der Waals surface area contributed by atoms with Gasteiger partial charge in [0.15, 0.2) is 0 Å². The van der Waals surface area contributed by atoms with Gasteiger partial charge in [-0.15, -0.1) is 0 Å². The zero-order valence-corrected chi connectivity index (χ0v) is 14.6. The Morgan fingerprint density at radius 3 is 2.71 bits per heavy atom. The fourth-order valence-electron chi connectivity index (χ4n) is 4.09. The van der Waals surface area contributed by atoms with E-state index in [0.717, 1.165) is 25.9 Å². The Balaban J connectivity index is 1.51. The summed E-state index contributed by atoms with van der Waals surface area (Å²) < 4.78 is 4.83. The minimum absolute atomic E-state index is 0.0917. The van der Waals surface area contributed by atoms with Crippen LogP contribution in [0, 0.1) is 12.8 Å². The van der Waals surface area contributed by atoms with Gasteiger partial charge in [-0.25, -0.2) is 0 Å². The molecule has 132 valence electrons. The van der Waals surface area contributed by atoms with Crippen LogP contribution >= 0.6 is 0 Å². The van der Waals surface area contributed by atoms with E-state index in [1.807, 2.05) is 0 Å². The maximum absolute atomic E-state index is 11.7. The van der Waals surface area contributed by atoms with E-state index in [2.05, 4.69) is 41.4 Å². The van der Waals surface area contributed by atoms with Gasteiger partial charge in [0, 0.05) is 30.9 Å². The number of ether oxygens (including phenoxy) is 1. The van der Waals surface area contributed by atoms with Crippen LogP contribution in [0.1, 0.15) is 31.2 Å². The highest BCUT2D eigenvalue weighted by molar-refractivity contribution is 5.72. The molecule has 5 nitrogen and oxygen atoms in total. The largest absolute Gasteiger partial charge is 0.469 e. The normalized spacial score (nSPS) is 28.7. The first-order valence-corrected chi connectivity index (χ1v) is 8.90. The predicted octanol–water partition coefficient (Wildman–Crippen LogP) is 2.18. The number of methoxy groups -OCH3 is 1. The van der Waals surface area contributed by atoms with Crippen LogP contribution in [0.5, 0.6) is 0 Å². The monoisotopic (exact) mass is 332 g/mol. The maximum atomic E-state index is 11.7. The lowest BCUT2D eigenvalue weighted by Crippen LogP contribution is -2.47. The van der Waals surface area contributed by atoms with E-state index in [4.69, 9.17) is 4.74 Å². The number of rotatable bonds is 4. The molecule has 0 aromatic heterocycles. The quantitative estimate of drug-likeness (QED) is 0.828. The second-order valence-electron chi connectivity index (χ2n) is 7.15. The number of carbonyl (C=O) groups is 1. The maximum Gasteiger partial charge on any atom is 0.308 e. The fourth-order valence-corrected chi connectivity index (χ4v) is 4.09. The summed E-state index contributed by atoms with van der Waals surface area (Å²) in [5, 5.41) is 13.9. The van der Waals surface area contributed by atoms with Gasteiger partial charge < -0.3 is 15.2 Å².